The number of nitrogen functional groups attached to an aromatic ring is 4. The van der Waals surface area contributed by atoms with Gasteiger partial charge in [0.25, 0.3) is 5.91 Å². The minimum Gasteiger partial charge on any atom is -0.481 e. The molecule has 0 fully saturated rings. The Bertz CT molecular complexity index is 2830. The molecule has 0 saturated heterocycles. The Morgan fingerprint density at radius 1 is 0.701 bits per heavy atom. The molecule has 6 aromatic rings. The molecule has 0 bridgehead atoms. The van der Waals surface area contributed by atoms with Crippen molar-refractivity contribution < 1.29 is 38.2 Å². The molecule has 0 aliphatic heterocycles. The number of aliphatic carboxylic acids is 1. The molecule has 6 rings (SSSR count). The highest BCUT2D eigenvalue weighted by molar-refractivity contribution is 7.54. The lowest BCUT2D eigenvalue weighted by Gasteiger charge is -2.26. The molecule has 1 amide bonds. The Kier molecular flexibility index (Phi) is 18.5. The van der Waals surface area contributed by atoms with E-state index in [1.807, 2.05) is 0 Å². The van der Waals surface area contributed by atoms with Crippen molar-refractivity contribution >= 4 is 71.3 Å². The predicted molar refractivity (Wildman–Crippen MR) is 253 cm³/mol. The molecule has 4 heterocycles. The summed E-state index contributed by atoms with van der Waals surface area (Å²) in [6.45, 7) is 3.40. The topological polar surface area (TPSA) is 346 Å². The zero-order valence-electron chi connectivity index (χ0n) is 36.0. The first kappa shape index (κ1) is 51.8. The van der Waals surface area contributed by atoms with E-state index in [2.05, 4.69) is 57.0 Å². The fraction of sp³-hybridized carbons (Fsp3) is 0.311. The molecular formula is C45H52N13O8P. The highest BCUT2D eigenvalue weighted by atomic mass is 31.2. The van der Waals surface area contributed by atoms with Crippen LogP contribution in [0.3, 0.4) is 0 Å². The Balaban J connectivity index is 0.000000313. The molecule has 21 nitrogen and oxygen atoms in total. The predicted octanol–water partition coefficient (Wildman–Crippen LogP) is 5.39. The van der Waals surface area contributed by atoms with Crippen LogP contribution in [0.15, 0.2) is 60.9 Å². The average Bonchev–Trinajstić information content (AvgIpc) is 3.28. The highest BCUT2D eigenvalue weighted by Gasteiger charge is 2.37. The minimum atomic E-state index is -3.81. The molecule has 22 heteroatoms. The van der Waals surface area contributed by atoms with Crippen molar-refractivity contribution in [3.63, 3.8) is 0 Å². The van der Waals surface area contributed by atoms with Gasteiger partial charge in [0.1, 0.15) is 5.78 Å². The zero-order valence-corrected chi connectivity index (χ0v) is 36.9. The van der Waals surface area contributed by atoms with Crippen LogP contribution in [0.25, 0.3) is 22.3 Å². The monoisotopic (exact) mass is 933 g/mol. The molecule has 4 aromatic heterocycles. The third kappa shape index (κ3) is 13.8. The maximum atomic E-state index is 13.3. The average molecular weight is 934 g/mol. The highest BCUT2D eigenvalue weighted by Crippen LogP contribution is 2.53. The van der Waals surface area contributed by atoms with Gasteiger partial charge in [0.2, 0.25) is 11.9 Å². The molecule has 11 N–H and O–H groups in total. The Morgan fingerprint density at radius 3 is 1.52 bits per heavy atom. The lowest BCUT2D eigenvalue weighted by Crippen LogP contribution is -2.36. The number of nitrogens with zero attached hydrogens (tertiary/aromatic N) is 8. The number of anilines is 4. The van der Waals surface area contributed by atoms with Crippen molar-refractivity contribution in [3.8, 4) is 24.7 Å². The molecule has 0 saturated carbocycles. The molecule has 0 aliphatic carbocycles. The van der Waals surface area contributed by atoms with Crippen LogP contribution in [0, 0.1) is 24.7 Å². The van der Waals surface area contributed by atoms with E-state index >= 15 is 0 Å². The summed E-state index contributed by atoms with van der Waals surface area (Å²) < 4.78 is 24.0. The molecular weight excluding hydrogens is 882 g/mol. The van der Waals surface area contributed by atoms with E-state index in [0.717, 1.165) is 11.1 Å². The first-order valence-electron chi connectivity index (χ1n) is 20.4. The number of carboxylic acid groups (broad SMARTS) is 2. The fourth-order valence-electron chi connectivity index (χ4n) is 6.75. The number of nitrogens with two attached hydrogens (primary N) is 4. The van der Waals surface area contributed by atoms with E-state index in [-0.39, 0.29) is 85.6 Å². The number of benzene rings is 2. The van der Waals surface area contributed by atoms with Gasteiger partial charge in [-0.1, -0.05) is 31.7 Å². The third-order valence-corrected chi connectivity index (χ3v) is 12.2. The normalized spacial score (nSPS) is 12.3. The van der Waals surface area contributed by atoms with E-state index in [4.69, 9.17) is 55.0 Å². The second-order valence-corrected chi connectivity index (χ2v) is 16.7. The number of terminal acetylenes is 2. The number of hydrogen-bond acceptors (Lipinski definition) is 18. The summed E-state index contributed by atoms with van der Waals surface area (Å²) in [5.41, 5.74) is 27.9. The second-order valence-electron chi connectivity index (χ2n) is 14.5. The van der Waals surface area contributed by atoms with Crippen molar-refractivity contribution in [1.82, 2.24) is 45.2 Å². The summed E-state index contributed by atoms with van der Waals surface area (Å²) in [5, 5.41) is 20.8. The summed E-state index contributed by atoms with van der Waals surface area (Å²) in [6, 6.07) is 13.4. The molecule has 0 aliphatic rings. The number of nitrogens with one attached hydrogen (secondary N) is 1. The first-order valence-corrected chi connectivity index (χ1v) is 22.0. The van der Waals surface area contributed by atoms with Crippen molar-refractivity contribution in [2.24, 2.45) is 0 Å². The lowest BCUT2D eigenvalue weighted by atomic mass is 9.91. The lowest BCUT2D eigenvalue weighted by molar-refractivity contribution is -0.137. The van der Waals surface area contributed by atoms with Crippen molar-refractivity contribution in [2.75, 3.05) is 36.1 Å². The quantitative estimate of drug-likeness (QED) is 0.0395. The number of fused-ring (bicyclic) bond motifs is 2. The standard InChI is InChI=1S/C26H32N7O6P.C18H16N6O2.CH4/c1-4-7-18(14-19-15-29-24-22(30-19)23(27)32-26(28)33-24)16-8-10-17(11-9-16)25(36)31-20(12-13-21(34)35)40(37,38-5-2)39-6-3;1-2-3-12(10-4-6-11(7-5-10)17(25)26)8-13-9-21-16-14(22-13)15(19)23-18(20)24-16;/h1,8-11,15,18,20H,5-7,12-14H2,2-3H3,(H,31,36)(H,34,35)(H4,27,28,29,32,33);1,4-7,9,12H,3,8H2,(H,25,26)(H4,19,20,21,23,24);1H4/t18?,20-;;/m1../s1. The van der Waals surface area contributed by atoms with Crippen LogP contribution in [0.1, 0.15) is 102 Å². The van der Waals surface area contributed by atoms with Crippen LogP contribution < -0.4 is 28.3 Å². The van der Waals surface area contributed by atoms with Crippen molar-refractivity contribution in [1.29, 1.82) is 0 Å². The molecule has 350 valence electrons. The molecule has 67 heavy (non-hydrogen) atoms. The third-order valence-electron chi connectivity index (χ3n) is 9.84. The Labute approximate surface area is 386 Å². The fourth-order valence-corrected chi connectivity index (χ4v) is 8.63. The summed E-state index contributed by atoms with van der Waals surface area (Å²) >= 11 is 0. The van der Waals surface area contributed by atoms with Gasteiger partial charge in [-0.2, -0.15) is 19.9 Å². The molecule has 3 atom stereocenters. The van der Waals surface area contributed by atoms with Crippen LogP contribution in [0.4, 0.5) is 23.5 Å². The summed E-state index contributed by atoms with van der Waals surface area (Å²) in [5.74, 6) is 1.72. The van der Waals surface area contributed by atoms with Gasteiger partial charge in [-0.3, -0.25) is 14.2 Å². The number of rotatable bonds is 19. The number of carboxylic acids is 2. The number of aromatic nitrogens is 8. The van der Waals surface area contributed by atoms with Crippen LogP contribution in [-0.4, -0.2) is 86.9 Å². The molecule has 2 unspecified atom stereocenters. The van der Waals surface area contributed by atoms with Crippen LogP contribution >= 0.6 is 7.60 Å². The number of carbonyl (C=O) groups is 3. The number of hydrogen-bond donors (Lipinski definition) is 7. The number of carbonyl (C=O) groups excluding carboxylic acids is 1. The first-order chi connectivity index (χ1) is 31.6. The van der Waals surface area contributed by atoms with Gasteiger partial charge in [-0.25, -0.2) is 24.7 Å². The van der Waals surface area contributed by atoms with Crippen molar-refractivity contribution in [3.05, 3.63) is 94.6 Å². The van der Waals surface area contributed by atoms with Crippen LogP contribution in [-0.2, 0) is 31.2 Å². The van der Waals surface area contributed by atoms with Gasteiger partial charge in [0.15, 0.2) is 34.0 Å². The van der Waals surface area contributed by atoms with Gasteiger partial charge in [-0.15, -0.1) is 24.7 Å². The molecule has 0 spiro atoms. The Hall–Kier alpha value is -7.84. The zero-order chi connectivity index (χ0) is 48.0. The maximum Gasteiger partial charge on any atom is 0.352 e. The van der Waals surface area contributed by atoms with E-state index < -0.39 is 31.2 Å². The van der Waals surface area contributed by atoms with Crippen LogP contribution in [0.2, 0.25) is 0 Å². The Morgan fingerprint density at radius 2 is 1.13 bits per heavy atom. The largest absolute Gasteiger partial charge is 0.481 e. The van der Waals surface area contributed by atoms with E-state index in [9.17, 15) is 18.9 Å². The number of aromatic carboxylic acids is 1. The van der Waals surface area contributed by atoms with E-state index in [1.165, 1.54) is 0 Å². The van der Waals surface area contributed by atoms with Crippen molar-refractivity contribution in [2.45, 2.75) is 77.4 Å². The smallest absolute Gasteiger partial charge is 0.352 e. The second kappa shape index (κ2) is 23.9. The molecule has 2 aromatic carbocycles. The van der Waals surface area contributed by atoms with E-state index in [1.54, 1.807) is 74.8 Å². The molecule has 0 radical (unpaired) electrons. The van der Waals surface area contributed by atoms with Gasteiger partial charge >= 0.3 is 19.5 Å². The van der Waals surface area contributed by atoms with Gasteiger partial charge in [0, 0.05) is 36.7 Å². The summed E-state index contributed by atoms with van der Waals surface area (Å²) in [7, 11) is -3.81. The van der Waals surface area contributed by atoms with Gasteiger partial charge in [0.05, 0.1) is 42.6 Å². The number of amides is 1. The summed E-state index contributed by atoms with van der Waals surface area (Å²) in [4.78, 5) is 68.6. The SMILES string of the molecule is C.C#CCC(Cc1cnc2nc(N)nc(N)c2n1)c1ccc(C(=O)N[C@@H](CCC(=O)O)P(=O)(OCC)OCC)cc1.C#CCC(Cc1cnc2nc(N)nc(N)c2n1)c1ccc(C(=O)O)cc1. The summed E-state index contributed by atoms with van der Waals surface area (Å²) in [6.07, 6.45) is 15.7. The van der Waals surface area contributed by atoms with Gasteiger partial charge in [-0.05, 0) is 68.5 Å². The minimum absolute atomic E-state index is 0. The maximum absolute atomic E-state index is 13.3. The van der Waals surface area contributed by atoms with Crippen LogP contribution in [0.5, 0.6) is 0 Å². The van der Waals surface area contributed by atoms with Gasteiger partial charge < -0.3 is 47.5 Å². The van der Waals surface area contributed by atoms with E-state index in [0.29, 0.717) is 53.8 Å².